The molecular formula is C37H47N3O8PS+. The van der Waals surface area contributed by atoms with Crippen LogP contribution in [-0.2, 0) is 36.5 Å². The van der Waals surface area contributed by atoms with Crippen molar-refractivity contribution in [3.05, 3.63) is 128 Å². The molecule has 0 bridgehead atoms. The van der Waals surface area contributed by atoms with E-state index in [2.05, 4.69) is 25.8 Å². The van der Waals surface area contributed by atoms with Crippen molar-refractivity contribution in [2.45, 2.75) is 58.2 Å². The number of hydrogen-bond acceptors (Lipinski definition) is 9. The molecule has 0 aliphatic carbocycles. The summed E-state index contributed by atoms with van der Waals surface area (Å²) in [7, 11) is 1.06. The van der Waals surface area contributed by atoms with Gasteiger partial charge in [-0.05, 0) is 68.7 Å². The molecule has 1 aromatic heterocycles. The fourth-order valence-corrected chi connectivity index (χ4v) is 8.48. The zero-order chi connectivity index (χ0) is 35.9. The van der Waals surface area contributed by atoms with Gasteiger partial charge in [-0.15, -0.1) is 4.65 Å². The summed E-state index contributed by atoms with van der Waals surface area (Å²) in [6.07, 6.45) is -0.160. The second-order valence-corrected chi connectivity index (χ2v) is 14.1. The zero-order valence-corrected chi connectivity index (χ0v) is 31.2. The van der Waals surface area contributed by atoms with Crippen LogP contribution in [0.15, 0.2) is 94.6 Å². The van der Waals surface area contributed by atoms with Crippen LogP contribution in [0.5, 0.6) is 11.5 Å². The summed E-state index contributed by atoms with van der Waals surface area (Å²) in [5.74, 6) is 1.42. The van der Waals surface area contributed by atoms with Crippen LogP contribution >= 0.6 is 7.58 Å². The van der Waals surface area contributed by atoms with Crippen LogP contribution < -0.4 is 20.7 Å². The van der Waals surface area contributed by atoms with Gasteiger partial charge in [0.05, 0.1) is 20.8 Å². The van der Waals surface area contributed by atoms with Crippen LogP contribution in [0.3, 0.4) is 0 Å². The largest absolute Gasteiger partial charge is 0.497 e. The molecule has 11 nitrogen and oxygen atoms in total. The standard InChI is InChI=1S/C37H46N3O8PS/c1-7-40(8-2,9-3)48-49(50)47-32-23-34(39-24-26(4)35(41)38-36(39)42)46-33(32)25-45-37(27-13-11-10-12-14-27,28-15-19-30(43-5)20-16-28)29-17-21-31(44-6)22-18-29/h10-22,24,32-34,49H,7-9,23,25H2,1-6H3/p+1/t32-,33+,34+/m0/s1. The maximum Gasteiger partial charge on any atom is 0.330 e. The predicted octanol–water partition coefficient (Wildman–Crippen LogP) is 5.86. The summed E-state index contributed by atoms with van der Waals surface area (Å²) in [4.78, 5) is 27.6. The number of aromatic amines is 1. The van der Waals surface area contributed by atoms with Gasteiger partial charge < -0.3 is 31.2 Å². The van der Waals surface area contributed by atoms with Crippen LogP contribution in [0.25, 0.3) is 0 Å². The SMILES string of the molecule is CC[N+](CC)(CC)O[PH+]([S-])O[C@H]1C[C@H](n2cc(C)c(=O)[nH]c2=O)O[C@@H]1COC(c1ccccc1)(c1ccc(OC)cc1)c1ccc(OC)cc1. The Kier molecular flexibility index (Phi) is 12.6. The highest BCUT2D eigenvalue weighted by Gasteiger charge is 2.45. The molecule has 1 aliphatic rings. The van der Waals surface area contributed by atoms with Crippen molar-refractivity contribution < 1.29 is 32.7 Å². The van der Waals surface area contributed by atoms with E-state index in [0.717, 1.165) is 36.3 Å². The van der Waals surface area contributed by atoms with E-state index >= 15 is 0 Å². The van der Waals surface area contributed by atoms with Gasteiger partial charge in [-0.25, -0.2) is 9.32 Å². The first-order valence-electron chi connectivity index (χ1n) is 16.8. The van der Waals surface area contributed by atoms with Crippen molar-refractivity contribution in [1.29, 1.82) is 0 Å². The molecule has 4 aromatic rings. The third-order valence-corrected chi connectivity index (χ3v) is 11.1. The molecule has 0 amide bonds. The summed E-state index contributed by atoms with van der Waals surface area (Å²) in [5, 5.41) is 0. The molecule has 0 radical (unpaired) electrons. The first-order valence-corrected chi connectivity index (χ1v) is 19.3. The number of hydrogen-bond donors (Lipinski definition) is 1. The average Bonchev–Trinajstić information content (AvgIpc) is 3.54. The highest BCUT2D eigenvalue weighted by atomic mass is 32.7. The Hall–Kier alpha value is -3.48. The van der Waals surface area contributed by atoms with Gasteiger partial charge >= 0.3 is 5.69 Å². The summed E-state index contributed by atoms with van der Waals surface area (Å²) in [6, 6.07) is 25.5. The minimum atomic E-state index is -2.20. The van der Waals surface area contributed by atoms with E-state index in [1.807, 2.05) is 78.9 Å². The highest BCUT2D eigenvalue weighted by Crippen LogP contribution is 2.47. The molecule has 50 heavy (non-hydrogen) atoms. The number of ether oxygens (including phenoxy) is 4. The summed E-state index contributed by atoms with van der Waals surface area (Å²) >= 11 is 5.83. The number of hydroxylamine groups is 3. The summed E-state index contributed by atoms with van der Waals surface area (Å²) in [5.41, 5.74) is 0.888. The second-order valence-electron chi connectivity index (χ2n) is 12.2. The topological polar surface area (TPSA) is 110 Å². The number of aromatic nitrogens is 2. The molecule has 0 spiro atoms. The second kappa shape index (κ2) is 16.7. The van der Waals surface area contributed by atoms with Crippen LogP contribution in [0.2, 0.25) is 0 Å². The molecule has 268 valence electrons. The van der Waals surface area contributed by atoms with Crippen LogP contribution in [0, 0.1) is 6.92 Å². The lowest BCUT2D eigenvalue weighted by Crippen LogP contribution is -2.46. The monoisotopic (exact) mass is 724 g/mol. The molecule has 1 N–H and O–H groups in total. The van der Waals surface area contributed by atoms with Crippen molar-refractivity contribution >= 4 is 19.8 Å². The number of nitrogens with one attached hydrogen (secondary N) is 1. The number of rotatable bonds is 16. The number of nitrogens with zero attached hydrogens (tertiary/aromatic N) is 2. The van der Waals surface area contributed by atoms with E-state index in [0.29, 0.717) is 28.1 Å². The molecule has 13 heteroatoms. The lowest BCUT2D eigenvalue weighted by Gasteiger charge is -2.37. The highest BCUT2D eigenvalue weighted by molar-refractivity contribution is 8.29. The summed E-state index contributed by atoms with van der Waals surface area (Å²) < 4.78 is 39.4. The quantitative estimate of drug-likeness (QED) is 0.0500. The molecule has 3 aromatic carbocycles. The van der Waals surface area contributed by atoms with Crippen molar-refractivity contribution in [1.82, 2.24) is 9.55 Å². The number of methoxy groups -OCH3 is 2. The van der Waals surface area contributed by atoms with Crippen LogP contribution in [-0.4, -0.2) is 66.9 Å². The molecule has 0 saturated carbocycles. The van der Waals surface area contributed by atoms with Crippen LogP contribution in [0.1, 0.15) is 55.7 Å². The van der Waals surface area contributed by atoms with Crippen molar-refractivity contribution in [2.75, 3.05) is 40.5 Å². The number of H-pyrrole nitrogens is 1. The Morgan fingerprint density at radius 2 is 1.42 bits per heavy atom. The Balaban J connectivity index is 1.56. The van der Waals surface area contributed by atoms with E-state index < -0.39 is 42.9 Å². The summed E-state index contributed by atoms with van der Waals surface area (Å²) in [6.45, 7) is 10.1. The molecule has 1 saturated heterocycles. The molecule has 5 rings (SSSR count). The van der Waals surface area contributed by atoms with E-state index in [4.69, 9.17) is 40.3 Å². The smallest absolute Gasteiger partial charge is 0.330 e. The predicted molar refractivity (Wildman–Crippen MR) is 196 cm³/mol. The lowest BCUT2D eigenvalue weighted by molar-refractivity contribution is -1.08. The first-order chi connectivity index (χ1) is 24.1. The Morgan fingerprint density at radius 1 is 0.880 bits per heavy atom. The zero-order valence-electron chi connectivity index (χ0n) is 29.4. The van der Waals surface area contributed by atoms with Gasteiger partial charge in [-0.3, -0.25) is 14.3 Å². The van der Waals surface area contributed by atoms with Gasteiger partial charge in [0.25, 0.3) is 5.56 Å². The number of quaternary nitrogens is 1. The first kappa shape index (κ1) is 37.8. The number of benzene rings is 3. The van der Waals surface area contributed by atoms with Crippen molar-refractivity contribution in [2.24, 2.45) is 0 Å². The fourth-order valence-electron chi connectivity index (χ4n) is 6.39. The van der Waals surface area contributed by atoms with E-state index in [1.54, 1.807) is 21.1 Å². The third-order valence-electron chi connectivity index (χ3n) is 9.52. The van der Waals surface area contributed by atoms with Gasteiger partial charge in [-0.2, -0.15) is 0 Å². The van der Waals surface area contributed by atoms with Gasteiger partial charge in [-0.1, -0.05) is 59.2 Å². The normalized spacial score (nSPS) is 18.6. The van der Waals surface area contributed by atoms with E-state index in [1.165, 1.54) is 10.8 Å². The Labute approximate surface area is 299 Å². The van der Waals surface area contributed by atoms with Gasteiger partial charge in [0.2, 0.25) is 7.58 Å². The molecular weight excluding hydrogens is 677 g/mol. The minimum absolute atomic E-state index is 0.0605. The average molecular weight is 725 g/mol. The molecule has 1 unspecified atom stereocenters. The maximum absolute atomic E-state index is 13.0. The van der Waals surface area contributed by atoms with E-state index in [9.17, 15) is 9.59 Å². The molecule has 1 fully saturated rings. The fraction of sp³-hybridized carbons (Fsp3) is 0.405. The minimum Gasteiger partial charge on any atom is -0.497 e. The molecule has 2 heterocycles. The van der Waals surface area contributed by atoms with Crippen molar-refractivity contribution in [3.8, 4) is 11.5 Å². The Bertz CT molecular complexity index is 1740. The van der Waals surface area contributed by atoms with Gasteiger partial charge in [0, 0.05) is 18.2 Å². The molecule has 1 aliphatic heterocycles. The Morgan fingerprint density at radius 3 is 1.94 bits per heavy atom. The van der Waals surface area contributed by atoms with Gasteiger partial charge in [0.1, 0.15) is 55.2 Å². The maximum atomic E-state index is 13.0. The van der Waals surface area contributed by atoms with E-state index in [-0.39, 0.29) is 6.61 Å². The van der Waals surface area contributed by atoms with Gasteiger partial charge in [0.15, 0.2) is 0 Å². The van der Waals surface area contributed by atoms with Crippen LogP contribution in [0.4, 0.5) is 0 Å². The third kappa shape index (κ3) is 8.02. The van der Waals surface area contributed by atoms with Crippen molar-refractivity contribution in [3.63, 3.8) is 0 Å². The lowest BCUT2D eigenvalue weighted by atomic mass is 9.80. The molecule has 4 atom stereocenters. The number of aryl methyl sites for hydroxylation is 1.